The molecule has 0 spiro atoms. The number of hydrogen-bond donors (Lipinski definition) is 1. The van der Waals surface area contributed by atoms with E-state index in [-0.39, 0.29) is 0 Å². The van der Waals surface area contributed by atoms with Crippen molar-refractivity contribution in [2.45, 2.75) is 25.4 Å². The van der Waals surface area contributed by atoms with Crippen LogP contribution in [0.4, 0.5) is 11.5 Å². The van der Waals surface area contributed by atoms with Gasteiger partial charge in [-0.3, -0.25) is 0 Å². The number of aromatic nitrogens is 3. The van der Waals surface area contributed by atoms with Gasteiger partial charge in [0.1, 0.15) is 23.3 Å². The lowest BCUT2D eigenvalue weighted by Crippen LogP contribution is -2.37. The summed E-state index contributed by atoms with van der Waals surface area (Å²) in [4.78, 5) is 18.2. The molecule has 2 atom stereocenters. The molecule has 0 bridgehead atoms. The van der Waals surface area contributed by atoms with Gasteiger partial charge in [-0.25, -0.2) is 15.0 Å². The first-order chi connectivity index (χ1) is 14.8. The lowest BCUT2D eigenvalue weighted by atomic mass is 9.92. The van der Waals surface area contributed by atoms with E-state index in [0.29, 0.717) is 5.92 Å². The van der Waals surface area contributed by atoms with Gasteiger partial charge >= 0.3 is 0 Å². The Balaban J connectivity index is 1.34. The van der Waals surface area contributed by atoms with Crippen molar-refractivity contribution in [2.24, 2.45) is 5.92 Å². The van der Waals surface area contributed by atoms with Crippen LogP contribution in [-0.4, -0.2) is 59.5 Å². The maximum absolute atomic E-state index is 10.5. The van der Waals surface area contributed by atoms with E-state index in [2.05, 4.69) is 43.0 Å². The molecule has 0 aliphatic carbocycles. The number of ether oxygens (including phenoxy) is 1. The zero-order chi connectivity index (χ0) is 20.3. The molecule has 0 amide bonds. The van der Waals surface area contributed by atoms with E-state index < -0.39 is 6.10 Å². The van der Waals surface area contributed by atoms with Crippen molar-refractivity contribution in [3.63, 3.8) is 0 Å². The number of hydrogen-bond acceptors (Lipinski definition) is 8. The second-order valence-electron chi connectivity index (χ2n) is 8.07. The number of fused-ring (bicyclic) bond motifs is 1. The molecule has 0 saturated carbocycles. The molecule has 2 unspecified atom stereocenters. The maximum Gasteiger partial charge on any atom is 0.139 e. The van der Waals surface area contributed by atoms with Crippen LogP contribution in [-0.2, 0) is 4.74 Å². The first kappa shape index (κ1) is 19.7. The monoisotopic (exact) mass is 425 g/mol. The summed E-state index contributed by atoms with van der Waals surface area (Å²) in [6.07, 6.45) is 5.93. The van der Waals surface area contributed by atoms with Crippen molar-refractivity contribution >= 4 is 33.7 Å². The average Bonchev–Trinajstić information content (AvgIpc) is 3.34. The Kier molecular flexibility index (Phi) is 5.79. The first-order valence-corrected chi connectivity index (χ1v) is 11.6. The Hall–Kier alpha value is -2.29. The highest BCUT2D eigenvalue weighted by molar-refractivity contribution is 7.09. The van der Waals surface area contributed by atoms with Gasteiger partial charge in [-0.05, 0) is 43.4 Å². The van der Waals surface area contributed by atoms with Gasteiger partial charge in [-0.1, -0.05) is 0 Å². The molecule has 4 heterocycles. The Bertz CT molecular complexity index is 977. The van der Waals surface area contributed by atoms with Crippen LogP contribution < -0.4 is 9.80 Å². The normalized spacial score (nSPS) is 21.2. The Morgan fingerprint density at radius 1 is 1.13 bits per heavy atom. The van der Waals surface area contributed by atoms with Crippen LogP contribution in [0.5, 0.6) is 0 Å². The topological polar surface area (TPSA) is 74.6 Å². The molecule has 158 valence electrons. The summed E-state index contributed by atoms with van der Waals surface area (Å²) in [5.41, 5.74) is 2.17. The quantitative estimate of drug-likeness (QED) is 0.672. The molecule has 1 aromatic carbocycles. The Labute approximate surface area is 180 Å². The second-order valence-corrected chi connectivity index (χ2v) is 9.00. The molecule has 5 rings (SSSR count). The lowest BCUT2D eigenvalue weighted by molar-refractivity contribution is 0.122. The van der Waals surface area contributed by atoms with Gasteiger partial charge in [0.05, 0.1) is 18.7 Å². The molecule has 1 N–H and O–H groups in total. The van der Waals surface area contributed by atoms with Gasteiger partial charge in [0, 0.05) is 48.8 Å². The summed E-state index contributed by atoms with van der Waals surface area (Å²) < 4.78 is 5.47. The van der Waals surface area contributed by atoms with Crippen molar-refractivity contribution in [1.82, 2.24) is 15.0 Å². The number of piperidine rings is 1. The van der Waals surface area contributed by atoms with E-state index in [9.17, 15) is 5.11 Å². The zero-order valence-electron chi connectivity index (χ0n) is 17.0. The van der Waals surface area contributed by atoms with Gasteiger partial charge in [-0.15, -0.1) is 11.3 Å². The predicted molar refractivity (Wildman–Crippen MR) is 119 cm³/mol. The van der Waals surface area contributed by atoms with E-state index in [4.69, 9.17) is 4.74 Å². The fraction of sp³-hybridized carbons (Fsp3) is 0.500. The van der Waals surface area contributed by atoms with E-state index >= 15 is 0 Å². The molecule has 2 aromatic heterocycles. The molecular formula is C22H27N5O2S. The Morgan fingerprint density at radius 2 is 2.03 bits per heavy atom. The highest BCUT2D eigenvalue weighted by Gasteiger charge is 2.26. The van der Waals surface area contributed by atoms with Gasteiger partial charge in [0.25, 0.3) is 0 Å². The Morgan fingerprint density at radius 3 is 2.87 bits per heavy atom. The van der Waals surface area contributed by atoms with Crippen LogP contribution in [0.1, 0.15) is 30.4 Å². The molecule has 3 aromatic rings. The van der Waals surface area contributed by atoms with Crippen LogP contribution in [0.2, 0.25) is 0 Å². The molecule has 2 aliphatic rings. The third kappa shape index (κ3) is 4.12. The number of aliphatic hydroxyl groups is 1. The molecule has 30 heavy (non-hydrogen) atoms. The number of anilines is 2. The minimum Gasteiger partial charge on any atom is -0.386 e. The van der Waals surface area contributed by atoms with Gasteiger partial charge in [0.15, 0.2) is 0 Å². The summed E-state index contributed by atoms with van der Waals surface area (Å²) in [6.45, 7) is 5.27. The first-order valence-electron chi connectivity index (χ1n) is 10.7. The molecule has 2 fully saturated rings. The standard InChI is InChI=1S/C22H27N5O2S/c28-20(22-23-5-11-30-22)12-16-2-1-6-27(14-16)21-18-4-3-17(13-19(18)24-15-25-21)26-7-9-29-10-8-26/h3-5,11,13,15-16,20,28H,1-2,6-10,12,14H2. The highest BCUT2D eigenvalue weighted by atomic mass is 32.1. The number of benzene rings is 1. The molecule has 7 nitrogen and oxygen atoms in total. The van der Waals surface area contributed by atoms with Crippen molar-refractivity contribution < 1.29 is 9.84 Å². The second kappa shape index (κ2) is 8.83. The summed E-state index contributed by atoms with van der Waals surface area (Å²) in [5, 5.41) is 14.4. The molecule has 2 aliphatic heterocycles. The number of aliphatic hydroxyl groups excluding tert-OH is 1. The molecule has 2 saturated heterocycles. The highest BCUT2D eigenvalue weighted by Crippen LogP contribution is 2.33. The lowest BCUT2D eigenvalue weighted by Gasteiger charge is -2.35. The smallest absolute Gasteiger partial charge is 0.139 e. The summed E-state index contributed by atoms with van der Waals surface area (Å²) in [6, 6.07) is 6.50. The third-order valence-electron chi connectivity index (χ3n) is 6.09. The van der Waals surface area contributed by atoms with E-state index in [1.165, 1.54) is 17.0 Å². The van der Waals surface area contributed by atoms with Gasteiger partial charge < -0.3 is 19.6 Å². The van der Waals surface area contributed by atoms with E-state index in [1.807, 2.05) is 5.38 Å². The maximum atomic E-state index is 10.5. The summed E-state index contributed by atoms with van der Waals surface area (Å²) >= 11 is 1.52. The predicted octanol–water partition coefficient (Wildman–Crippen LogP) is 3.26. The number of morpholine rings is 1. The van der Waals surface area contributed by atoms with Crippen LogP contribution in [0.3, 0.4) is 0 Å². The summed E-state index contributed by atoms with van der Waals surface area (Å²) in [5.74, 6) is 1.43. The average molecular weight is 426 g/mol. The molecule has 8 heteroatoms. The van der Waals surface area contributed by atoms with Crippen LogP contribution >= 0.6 is 11.3 Å². The van der Waals surface area contributed by atoms with Gasteiger partial charge in [-0.2, -0.15) is 0 Å². The number of thiazole rings is 1. The number of nitrogens with zero attached hydrogens (tertiary/aromatic N) is 5. The minimum absolute atomic E-state index is 0.426. The molecular weight excluding hydrogens is 398 g/mol. The fourth-order valence-electron chi connectivity index (χ4n) is 4.57. The van der Waals surface area contributed by atoms with Crippen molar-refractivity contribution in [3.05, 3.63) is 41.1 Å². The largest absolute Gasteiger partial charge is 0.386 e. The van der Waals surface area contributed by atoms with E-state index in [1.54, 1.807) is 12.5 Å². The minimum atomic E-state index is -0.479. The fourth-order valence-corrected chi connectivity index (χ4v) is 5.20. The summed E-state index contributed by atoms with van der Waals surface area (Å²) in [7, 11) is 0. The number of rotatable bonds is 5. The van der Waals surface area contributed by atoms with Gasteiger partial charge in [0.2, 0.25) is 0 Å². The van der Waals surface area contributed by atoms with Crippen molar-refractivity contribution in [3.8, 4) is 0 Å². The van der Waals surface area contributed by atoms with Crippen molar-refractivity contribution in [2.75, 3.05) is 49.2 Å². The van der Waals surface area contributed by atoms with Crippen LogP contribution in [0.25, 0.3) is 10.9 Å². The SMILES string of the molecule is OC(CC1CCCN(c2ncnc3cc(N4CCOCC4)ccc23)C1)c1nccs1. The zero-order valence-corrected chi connectivity index (χ0v) is 17.8. The third-order valence-corrected chi connectivity index (χ3v) is 6.96. The molecule has 0 radical (unpaired) electrons. The van der Waals surface area contributed by atoms with Crippen LogP contribution in [0, 0.1) is 5.92 Å². The van der Waals surface area contributed by atoms with E-state index in [0.717, 1.165) is 80.4 Å². The van der Waals surface area contributed by atoms with Crippen molar-refractivity contribution in [1.29, 1.82) is 0 Å². The van der Waals surface area contributed by atoms with Crippen LogP contribution in [0.15, 0.2) is 36.1 Å².